The summed E-state index contributed by atoms with van der Waals surface area (Å²) < 4.78 is 0. The Kier molecular flexibility index (Phi) is 3.95. The maximum absolute atomic E-state index is 11.9. The molecule has 0 spiro atoms. The second kappa shape index (κ2) is 5.83. The van der Waals surface area contributed by atoms with Gasteiger partial charge in [-0.15, -0.1) is 0 Å². The van der Waals surface area contributed by atoms with Gasteiger partial charge in [-0.2, -0.15) is 0 Å². The fraction of sp³-hybridized carbons (Fsp3) is 0.0714. The molecule has 6 nitrogen and oxygen atoms in total. The average molecular weight is 272 g/mol. The van der Waals surface area contributed by atoms with E-state index in [-0.39, 0.29) is 17.9 Å². The van der Waals surface area contributed by atoms with Crippen molar-refractivity contribution < 1.29 is 19.8 Å². The third-order valence-corrected chi connectivity index (χ3v) is 2.57. The molecular formula is C14H12N2O4. The number of carbonyl (C=O) groups excluding carboxylic acids is 1. The highest BCUT2D eigenvalue weighted by Gasteiger charge is 2.12. The third kappa shape index (κ3) is 3.32. The minimum Gasteiger partial charge on any atom is -0.505 e. The molecule has 20 heavy (non-hydrogen) atoms. The number of carboxylic acid groups (broad SMARTS) is 1. The van der Waals surface area contributed by atoms with E-state index in [1.807, 2.05) is 0 Å². The molecule has 102 valence electrons. The number of nitrogens with zero attached hydrogens (tertiary/aromatic N) is 1. The molecule has 6 heteroatoms. The first-order chi connectivity index (χ1) is 9.56. The zero-order valence-electron chi connectivity index (χ0n) is 10.4. The molecule has 0 saturated heterocycles. The van der Waals surface area contributed by atoms with E-state index in [9.17, 15) is 14.7 Å². The van der Waals surface area contributed by atoms with Crippen molar-refractivity contribution >= 4 is 17.6 Å². The van der Waals surface area contributed by atoms with Gasteiger partial charge in [0.2, 0.25) is 0 Å². The number of rotatable bonds is 4. The van der Waals surface area contributed by atoms with Crippen molar-refractivity contribution in [3.8, 4) is 5.75 Å². The summed E-state index contributed by atoms with van der Waals surface area (Å²) in [5.41, 5.74) is 1.06. The van der Waals surface area contributed by atoms with Crippen LogP contribution in [0.3, 0.4) is 0 Å². The van der Waals surface area contributed by atoms with Crippen LogP contribution in [-0.2, 0) is 11.2 Å². The molecular weight excluding hydrogens is 260 g/mol. The number of pyridine rings is 1. The third-order valence-electron chi connectivity index (χ3n) is 2.57. The molecule has 0 bridgehead atoms. The molecule has 1 heterocycles. The van der Waals surface area contributed by atoms with Crippen molar-refractivity contribution in [2.75, 3.05) is 5.32 Å². The molecule has 0 unspecified atom stereocenters. The highest BCUT2D eigenvalue weighted by Crippen LogP contribution is 2.16. The summed E-state index contributed by atoms with van der Waals surface area (Å²) in [6, 6.07) is 9.31. The zero-order valence-corrected chi connectivity index (χ0v) is 10.4. The summed E-state index contributed by atoms with van der Waals surface area (Å²) in [5.74, 6) is -1.65. The number of carboxylic acids is 1. The van der Waals surface area contributed by atoms with Gasteiger partial charge in [-0.3, -0.25) is 9.59 Å². The normalized spacial score (nSPS) is 10.0. The van der Waals surface area contributed by atoms with Gasteiger partial charge in [0.25, 0.3) is 5.91 Å². The monoisotopic (exact) mass is 272 g/mol. The fourth-order valence-corrected chi connectivity index (χ4v) is 1.64. The van der Waals surface area contributed by atoms with Crippen LogP contribution in [0.1, 0.15) is 16.1 Å². The molecule has 0 atom stereocenters. The Bertz CT molecular complexity index is 638. The second-order valence-corrected chi connectivity index (χ2v) is 4.09. The highest BCUT2D eigenvalue weighted by atomic mass is 16.4. The van der Waals surface area contributed by atoms with Crippen LogP contribution in [0.5, 0.6) is 5.75 Å². The van der Waals surface area contributed by atoms with E-state index < -0.39 is 11.9 Å². The Balaban J connectivity index is 2.09. The van der Waals surface area contributed by atoms with Crippen molar-refractivity contribution in [2.24, 2.45) is 0 Å². The Morgan fingerprint density at radius 3 is 2.45 bits per heavy atom. The fourth-order valence-electron chi connectivity index (χ4n) is 1.64. The Hall–Kier alpha value is -2.89. The summed E-state index contributed by atoms with van der Waals surface area (Å²) >= 11 is 0. The Labute approximate surface area is 114 Å². The van der Waals surface area contributed by atoms with Crippen molar-refractivity contribution in [1.82, 2.24) is 4.98 Å². The quantitative estimate of drug-likeness (QED) is 0.786. The van der Waals surface area contributed by atoms with Gasteiger partial charge >= 0.3 is 5.97 Å². The van der Waals surface area contributed by atoms with E-state index in [0.29, 0.717) is 11.3 Å². The second-order valence-electron chi connectivity index (χ2n) is 4.09. The Morgan fingerprint density at radius 1 is 1.15 bits per heavy atom. The molecule has 1 amide bonds. The van der Waals surface area contributed by atoms with E-state index in [0.717, 1.165) is 0 Å². The van der Waals surface area contributed by atoms with Crippen LogP contribution in [0, 0.1) is 0 Å². The summed E-state index contributed by atoms with van der Waals surface area (Å²) in [7, 11) is 0. The SMILES string of the molecule is O=C(O)Cc1ccc(NC(=O)c2ncccc2O)cc1. The summed E-state index contributed by atoms with van der Waals surface area (Å²) in [6.45, 7) is 0. The van der Waals surface area contributed by atoms with Crippen LogP contribution in [0.25, 0.3) is 0 Å². The molecule has 0 saturated carbocycles. The lowest BCUT2D eigenvalue weighted by atomic mass is 10.1. The maximum atomic E-state index is 11.9. The summed E-state index contributed by atoms with van der Waals surface area (Å²) in [5, 5.41) is 20.7. The van der Waals surface area contributed by atoms with Gasteiger partial charge in [0.1, 0.15) is 5.75 Å². The molecule has 0 aliphatic rings. The number of benzene rings is 1. The number of hydrogen-bond acceptors (Lipinski definition) is 4. The predicted octanol–water partition coefficient (Wildman–Crippen LogP) is 1.67. The number of hydrogen-bond donors (Lipinski definition) is 3. The predicted molar refractivity (Wildman–Crippen MR) is 71.6 cm³/mol. The molecule has 0 radical (unpaired) electrons. The van der Waals surface area contributed by atoms with Crippen LogP contribution in [-0.4, -0.2) is 27.1 Å². The molecule has 1 aromatic heterocycles. The minimum absolute atomic E-state index is 0.0675. The number of amides is 1. The topological polar surface area (TPSA) is 99.5 Å². The first-order valence-electron chi connectivity index (χ1n) is 5.82. The summed E-state index contributed by atoms with van der Waals surface area (Å²) in [6.07, 6.45) is 1.33. The van der Waals surface area contributed by atoms with Gasteiger partial charge in [-0.25, -0.2) is 4.98 Å². The maximum Gasteiger partial charge on any atom is 0.307 e. The molecule has 2 aromatic rings. The smallest absolute Gasteiger partial charge is 0.307 e. The standard InChI is InChI=1S/C14H12N2O4/c17-11-2-1-7-15-13(11)14(20)16-10-5-3-9(4-6-10)8-12(18)19/h1-7,17H,8H2,(H,16,20)(H,18,19). The molecule has 1 aromatic carbocycles. The first kappa shape index (κ1) is 13.5. The zero-order chi connectivity index (χ0) is 14.5. The van der Waals surface area contributed by atoms with Crippen molar-refractivity contribution in [3.63, 3.8) is 0 Å². The van der Waals surface area contributed by atoms with Crippen LogP contribution in [0.2, 0.25) is 0 Å². The number of aromatic nitrogens is 1. The highest BCUT2D eigenvalue weighted by molar-refractivity contribution is 6.04. The van der Waals surface area contributed by atoms with Crippen molar-refractivity contribution in [1.29, 1.82) is 0 Å². The van der Waals surface area contributed by atoms with Crippen LogP contribution < -0.4 is 5.32 Å². The van der Waals surface area contributed by atoms with Crippen molar-refractivity contribution in [2.45, 2.75) is 6.42 Å². The van der Waals surface area contributed by atoms with Gasteiger partial charge in [0.05, 0.1) is 6.42 Å². The lowest BCUT2D eigenvalue weighted by molar-refractivity contribution is -0.136. The van der Waals surface area contributed by atoms with Gasteiger partial charge in [0.15, 0.2) is 5.69 Å². The number of aromatic hydroxyl groups is 1. The van der Waals surface area contributed by atoms with Crippen LogP contribution in [0.15, 0.2) is 42.6 Å². The van der Waals surface area contributed by atoms with Crippen LogP contribution >= 0.6 is 0 Å². The van der Waals surface area contributed by atoms with Gasteiger partial charge < -0.3 is 15.5 Å². The molecule has 3 N–H and O–H groups in total. The minimum atomic E-state index is -0.916. The van der Waals surface area contributed by atoms with Gasteiger partial charge in [0, 0.05) is 11.9 Å². The number of aliphatic carboxylic acids is 1. The largest absolute Gasteiger partial charge is 0.505 e. The average Bonchev–Trinajstić information content (AvgIpc) is 2.41. The number of anilines is 1. The molecule has 0 aliphatic heterocycles. The first-order valence-corrected chi connectivity index (χ1v) is 5.82. The number of nitrogens with one attached hydrogen (secondary N) is 1. The van der Waals surface area contributed by atoms with Gasteiger partial charge in [-0.05, 0) is 29.8 Å². The van der Waals surface area contributed by atoms with Crippen LogP contribution in [0.4, 0.5) is 5.69 Å². The molecule has 0 fully saturated rings. The van der Waals surface area contributed by atoms with Crippen molar-refractivity contribution in [3.05, 3.63) is 53.9 Å². The van der Waals surface area contributed by atoms with E-state index in [1.165, 1.54) is 18.3 Å². The van der Waals surface area contributed by atoms with E-state index in [1.54, 1.807) is 24.3 Å². The molecule has 2 rings (SSSR count). The number of carbonyl (C=O) groups is 2. The Morgan fingerprint density at radius 2 is 1.85 bits per heavy atom. The van der Waals surface area contributed by atoms with E-state index >= 15 is 0 Å². The molecule has 0 aliphatic carbocycles. The van der Waals surface area contributed by atoms with Gasteiger partial charge in [-0.1, -0.05) is 12.1 Å². The summed E-state index contributed by atoms with van der Waals surface area (Å²) in [4.78, 5) is 26.2. The lowest BCUT2D eigenvalue weighted by Gasteiger charge is -2.06. The lowest BCUT2D eigenvalue weighted by Crippen LogP contribution is -2.13. The van der Waals surface area contributed by atoms with E-state index in [4.69, 9.17) is 5.11 Å². The van der Waals surface area contributed by atoms with E-state index in [2.05, 4.69) is 10.3 Å².